The average molecular weight is 404 g/mol. The number of benzene rings is 2. The molecule has 6 atom stereocenters. The van der Waals surface area contributed by atoms with Crippen molar-refractivity contribution >= 4 is 34.9 Å². The standard InChI is InChI=1S/C24H18ClNO3/c25-13-6-9-19(18(10-13)22(27)12-4-2-1-3-5-12)26-23(28)20-14-7-8-15(17-11-16(14)17)21(20)24(26)29/h1-10,14-17,20-21H,11H2/t14-,15-,16-,17-,20-,21+/m0/s1. The Bertz CT molecular complexity index is 1070. The minimum Gasteiger partial charge on any atom is -0.289 e. The molecule has 2 aromatic carbocycles. The summed E-state index contributed by atoms with van der Waals surface area (Å²) < 4.78 is 0. The van der Waals surface area contributed by atoms with Gasteiger partial charge in [0.15, 0.2) is 5.78 Å². The maximum Gasteiger partial charge on any atom is 0.238 e. The zero-order valence-corrected chi connectivity index (χ0v) is 16.3. The summed E-state index contributed by atoms with van der Waals surface area (Å²) in [5.41, 5.74) is 1.13. The third kappa shape index (κ3) is 2.29. The lowest BCUT2D eigenvalue weighted by molar-refractivity contribution is -0.124. The predicted octanol–water partition coefficient (Wildman–Crippen LogP) is 4.13. The van der Waals surface area contributed by atoms with Gasteiger partial charge in [0.05, 0.1) is 17.5 Å². The van der Waals surface area contributed by atoms with Crippen molar-refractivity contribution in [1.29, 1.82) is 0 Å². The molecule has 1 aliphatic heterocycles. The smallest absolute Gasteiger partial charge is 0.238 e. The molecule has 0 aromatic heterocycles. The summed E-state index contributed by atoms with van der Waals surface area (Å²) in [7, 11) is 0. The first-order chi connectivity index (χ1) is 14.1. The molecule has 7 rings (SSSR count). The van der Waals surface area contributed by atoms with Crippen molar-refractivity contribution in [3.63, 3.8) is 0 Å². The Kier molecular flexibility index (Phi) is 3.49. The highest BCUT2D eigenvalue weighted by Crippen LogP contribution is 2.65. The van der Waals surface area contributed by atoms with E-state index in [0.717, 1.165) is 6.42 Å². The molecule has 3 fully saturated rings. The maximum atomic E-state index is 13.4. The fourth-order valence-corrected chi connectivity index (χ4v) is 6.00. The summed E-state index contributed by atoms with van der Waals surface area (Å²) in [5, 5.41) is 0.396. The van der Waals surface area contributed by atoms with E-state index < -0.39 is 0 Å². The molecule has 1 saturated heterocycles. The third-order valence-corrected chi connectivity index (χ3v) is 7.38. The minimum absolute atomic E-state index is 0.150. The largest absolute Gasteiger partial charge is 0.289 e. The van der Waals surface area contributed by atoms with Gasteiger partial charge in [-0.3, -0.25) is 14.4 Å². The zero-order valence-electron chi connectivity index (χ0n) is 15.5. The SMILES string of the molecule is O=C(c1ccccc1)c1cc(Cl)ccc1N1C(=O)[C@@H]2[C@H]3C=C[C@@H]([C@@H]4C[C@@H]34)[C@@H]2C1=O. The number of hydrogen-bond donors (Lipinski definition) is 0. The lowest BCUT2D eigenvalue weighted by atomic mass is 9.63. The number of hydrogen-bond acceptors (Lipinski definition) is 3. The van der Waals surface area contributed by atoms with Gasteiger partial charge in [0.1, 0.15) is 0 Å². The van der Waals surface area contributed by atoms with Crippen LogP contribution in [0.1, 0.15) is 22.3 Å². The van der Waals surface area contributed by atoms with Gasteiger partial charge in [-0.15, -0.1) is 0 Å². The van der Waals surface area contributed by atoms with Crippen LogP contribution in [0.15, 0.2) is 60.7 Å². The van der Waals surface area contributed by atoms with Crippen LogP contribution in [0.25, 0.3) is 0 Å². The number of halogens is 1. The van der Waals surface area contributed by atoms with Gasteiger partial charge in [0, 0.05) is 16.1 Å². The monoisotopic (exact) mass is 403 g/mol. The van der Waals surface area contributed by atoms with Crippen molar-refractivity contribution < 1.29 is 14.4 Å². The van der Waals surface area contributed by atoms with Crippen LogP contribution in [0, 0.1) is 35.5 Å². The fourth-order valence-electron chi connectivity index (χ4n) is 5.82. The maximum absolute atomic E-state index is 13.4. The van der Waals surface area contributed by atoms with E-state index in [1.807, 2.05) is 6.07 Å². The molecule has 144 valence electrons. The molecule has 5 aliphatic rings. The van der Waals surface area contributed by atoms with Crippen LogP contribution in [-0.4, -0.2) is 17.6 Å². The van der Waals surface area contributed by atoms with Crippen LogP contribution in [0.3, 0.4) is 0 Å². The van der Waals surface area contributed by atoms with Crippen molar-refractivity contribution in [3.05, 3.63) is 76.8 Å². The quantitative estimate of drug-likeness (QED) is 0.440. The molecule has 2 aromatic rings. The molecule has 2 bridgehead atoms. The molecule has 1 heterocycles. The van der Waals surface area contributed by atoms with E-state index in [0.29, 0.717) is 28.1 Å². The van der Waals surface area contributed by atoms with Crippen molar-refractivity contribution in [2.45, 2.75) is 6.42 Å². The highest BCUT2D eigenvalue weighted by molar-refractivity contribution is 6.32. The number of carbonyl (C=O) groups excluding carboxylic acids is 3. The number of amides is 2. The summed E-state index contributed by atoms with van der Waals surface area (Å²) in [5.74, 6) is 0.199. The van der Waals surface area contributed by atoms with E-state index in [9.17, 15) is 14.4 Å². The summed E-state index contributed by atoms with van der Waals surface area (Å²) >= 11 is 6.18. The Morgan fingerprint density at radius 3 is 2.14 bits per heavy atom. The first kappa shape index (κ1) is 17.2. The Balaban J connectivity index is 1.45. The fraction of sp³-hybridized carbons (Fsp3) is 0.292. The number of nitrogens with zero attached hydrogens (tertiary/aromatic N) is 1. The van der Waals surface area contributed by atoms with Crippen LogP contribution in [0.4, 0.5) is 5.69 Å². The van der Waals surface area contributed by atoms with Crippen LogP contribution in [0.5, 0.6) is 0 Å². The summed E-state index contributed by atoms with van der Waals surface area (Å²) in [4.78, 5) is 41.3. The normalized spacial score (nSPS) is 33.6. The molecule has 0 unspecified atom stereocenters. The van der Waals surface area contributed by atoms with Gasteiger partial charge in [-0.2, -0.15) is 0 Å². The van der Waals surface area contributed by atoms with E-state index in [1.54, 1.807) is 42.5 Å². The second-order valence-corrected chi connectivity index (χ2v) is 8.96. The van der Waals surface area contributed by atoms with Crippen LogP contribution >= 0.6 is 11.6 Å². The lowest BCUT2D eigenvalue weighted by Crippen LogP contribution is -2.40. The van der Waals surface area contributed by atoms with Crippen molar-refractivity contribution in [2.24, 2.45) is 35.5 Å². The lowest BCUT2D eigenvalue weighted by Gasteiger charge is -2.37. The first-order valence-corrected chi connectivity index (χ1v) is 10.4. The molecule has 0 radical (unpaired) electrons. The first-order valence-electron chi connectivity index (χ1n) is 10.0. The van der Waals surface area contributed by atoms with Gasteiger partial charge in [0.25, 0.3) is 0 Å². The molecule has 4 aliphatic carbocycles. The summed E-state index contributed by atoms with van der Waals surface area (Å²) in [6, 6.07) is 13.7. The molecule has 0 spiro atoms. The Morgan fingerprint density at radius 1 is 0.897 bits per heavy atom. The van der Waals surface area contributed by atoms with E-state index >= 15 is 0 Å². The van der Waals surface area contributed by atoms with E-state index in [-0.39, 0.29) is 46.8 Å². The number of rotatable bonds is 3. The Morgan fingerprint density at radius 2 is 1.52 bits per heavy atom. The van der Waals surface area contributed by atoms with Gasteiger partial charge in [0.2, 0.25) is 11.8 Å². The molecule has 5 heteroatoms. The molecule has 4 nitrogen and oxygen atoms in total. The topological polar surface area (TPSA) is 54.5 Å². The highest BCUT2D eigenvalue weighted by atomic mass is 35.5. The Labute approximate surface area is 173 Å². The second-order valence-electron chi connectivity index (χ2n) is 8.52. The molecule has 0 N–H and O–H groups in total. The molecular weight excluding hydrogens is 386 g/mol. The summed E-state index contributed by atoms with van der Waals surface area (Å²) in [6.45, 7) is 0. The third-order valence-electron chi connectivity index (χ3n) is 7.14. The molecular formula is C24H18ClNO3. The van der Waals surface area contributed by atoms with E-state index in [2.05, 4.69) is 12.2 Å². The summed E-state index contributed by atoms with van der Waals surface area (Å²) in [6.07, 6.45) is 5.41. The number of imide groups is 1. The number of anilines is 1. The van der Waals surface area contributed by atoms with Crippen molar-refractivity contribution in [2.75, 3.05) is 4.90 Å². The number of ketones is 1. The predicted molar refractivity (Wildman–Crippen MR) is 109 cm³/mol. The number of carbonyl (C=O) groups is 3. The van der Waals surface area contributed by atoms with Crippen molar-refractivity contribution in [3.8, 4) is 0 Å². The minimum atomic E-state index is -0.295. The van der Waals surface area contributed by atoms with Gasteiger partial charge < -0.3 is 0 Å². The van der Waals surface area contributed by atoms with E-state index in [1.165, 1.54) is 4.90 Å². The Hall–Kier alpha value is -2.72. The molecule has 2 saturated carbocycles. The molecule has 29 heavy (non-hydrogen) atoms. The van der Waals surface area contributed by atoms with E-state index in [4.69, 9.17) is 11.6 Å². The molecule has 2 amide bonds. The van der Waals surface area contributed by atoms with Crippen molar-refractivity contribution in [1.82, 2.24) is 0 Å². The van der Waals surface area contributed by atoms with Crippen LogP contribution < -0.4 is 4.90 Å². The van der Waals surface area contributed by atoms with Crippen LogP contribution in [0.2, 0.25) is 5.02 Å². The van der Waals surface area contributed by atoms with Gasteiger partial charge in [-0.25, -0.2) is 4.90 Å². The van der Waals surface area contributed by atoms with Gasteiger partial charge in [-0.1, -0.05) is 54.1 Å². The van der Waals surface area contributed by atoms with Crippen LogP contribution in [-0.2, 0) is 9.59 Å². The van der Waals surface area contributed by atoms with Gasteiger partial charge >= 0.3 is 0 Å². The second kappa shape index (κ2) is 5.90. The highest BCUT2D eigenvalue weighted by Gasteiger charge is 2.67. The van der Waals surface area contributed by atoms with Gasteiger partial charge in [-0.05, 0) is 48.3 Å². The average Bonchev–Trinajstić information content (AvgIpc) is 3.52. The number of allylic oxidation sites excluding steroid dienone is 2. The zero-order chi connectivity index (χ0) is 19.9.